The van der Waals surface area contributed by atoms with Crippen LogP contribution >= 0.6 is 0 Å². The van der Waals surface area contributed by atoms with E-state index in [0.29, 0.717) is 19.1 Å². The molecule has 5 nitrogen and oxygen atoms in total. The van der Waals surface area contributed by atoms with Crippen LogP contribution in [-0.2, 0) is 14.3 Å². The van der Waals surface area contributed by atoms with Crippen LogP contribution in [0.3, 0.4) is 0 Å². The van der Waals surface area contributed by atoms with Crippen molar-refractivity contribution in [3.8, 4) is 0 Å². The van der Waals surface area contributed by atoms with Gasteiger partial charge in [-0.3, -0.25) is 0 Å². The molecular formula is C8H12O5. The minimum absolute atomic E-state index is 0.107. The Balaban J connectivity index is 4.11. The third-order valence-corrected chi connectivity index (χ3v) is 1.37. The van der Waals surface area contributed by atoms with Gasteiger partial charge in [0, 0.05) is 25.4 Å². The molecule has 0 aromatic carbocycles. The Morgan fingerprint density at radius 1 is 1.38 bits per heavy atom. The summed E-state index contributed by atoms with van der Waals surface area (Å²) >= 11 is 0. The van der Waals surface area contributed by atoms with Gasteiger partial charge in [0.1, 0.15) is 0 Å². The molecule has 0 aliphatic carbocycles. The van der Waals surface area contributed by atoms with Crippen LogP contribution in [0.25, 0.3) is 0 Å². The van der Waals surface area contributed by atoms with Crippen molar-refractivity contribution in [3.63, 3.8) is 0 Å². The summed E-state index contributed by atoms with van der Waals surface area (Å²) in [4.78, 5) is 20.6. The molecule has 0 spiro atoms. The van der Waals surface area contributed by atoms with Gasteiger partial charge >= 0.3 is 11.9 Å². The molecule has 0 radical (unpaired) electrons. The van der Waals surface area contributed by atoms with Gasteiger partial charge in [-0.15, -0.1) is 0 Å². The molecule has 0 bridgehead atoms. The summed E-state index contributed by atoms with van der Waals surface area (Å²) < 4.78 is 4.71. The molecule has 2 N–H and O–H groups in total. The molecule has 0 rings (SSSR count). The van der Waals surface area contributed by atoms with E-state index < -0.39 is 11.9 Å². The first kappa shape index (κ1) is 11.6. The number of hydrogen-bond donors (Lipinski definition) is 2. The summed E-state index contributed by atoms with van der Waals surface area (Å²) in [6.45, 7) is 0.421. The fourth-order valence-corrected chi connectivity index (χ4v) is 0.797. The molecule has 0 aromatic heterocycles. The molecular weight excluding hydrogens is 176 g/mol. The topological polar surface area (TPSA) is 83.8 Å². The Morgan fingerprint density at radius 2 is 2.00 bits per heavy atom. The van der Waals surface area contributed by atoms with Crippen LogP contribution in [0.5, 0.6) is 0 Å². The molecule has 0 heterocycles. The Morgan fingerprint density at radius 3 is 2.38 bits per heavy atom. The standard InChI is InChI=1S/C8H12O5/c1-13-4-2-3-6(8(11)12)5-7(9)10/h5H,2-4H2,1H3,(H,9,10)(H,11,12)/b6-5-. The molecule has 13 heavy (non-hydrogen) atoms. The maximum Gasteiger partial charge on any atom is 0.331 e. The first-order valence-corrected chi connectivity index (χ1v) is 3.73. The summed E-state index contributed by atoms with van der Waals surface area (Å²) in [7, 11) is 1.50. The van der Waals surface area contributed by atoms with Crippen molar-refractivity contribution >= 4 is 11.9 Å². The highest BCUT2D eigenvalue weighted by atomic mass is 16.5. The number of carboxylic acids is 2. The van der Waals surface area contributed by atoms with Crippen LogP contribution in [0.1, 0.15) is 12.8 Å². The summed E-state index contributed by atoms with van der Waals surface area (Å²) in [5, 5.41) is 16.9. The zero-order chi connectivity index (χ0) is 10.3. The number of hydrogen-bond acceptors (Lipinski definition) is 3. The Labute approximate surface area is 75.6 Å². The Bertz CT molecular complexity index is 219. The van der Waals surface area contributed by atoms with Gasteiger partial charge < -0.3 is 14.9 Å². The van der Waals surface area contributed by atoms with E-state index >= 15 is 0 Å². The van der Waals surface area contributed by atoms with E-state index in [1.165, 1.54) is 7.11 Å². The average molecular weight is 188 g/mol. The van der Waals surface area contributed by atoms with Crippen molar-refractivity contribution in [1.82, 2.24) is 0 Å². The van der Waals surface area contributed by atoms with Crippen LogP contribution in [-0.4, -0.2) is 35.9 Å². The minimum atomic E-state index is -1.24. The van der Waals surface area contributed by atoms with Gasteiger partial charge in [-0.25, -0.2) is 9.59 Å². The fourth-order valence-electron chi connectivity index (χ4n) is 0.797. The first-order valence-electron chi connectivity index (χ1n) is 3.73. The molecule has 5 heteroatoms. The molecule has 74 valence electrons. The van der Waals surface area contributed by atoms with Gasteiger partial charge in [0.15, 0.2) is 0 Å². The minimum Gasteiger partial charge on any atom is -0.478 e. The summed E-state index contributed by atoms with van der Waals surface area (Å²) in [5.74, 6) is -2.44. The van der Waals surface area contributed by atoms with E-state index in [9.17, 15) is 9.59 Å². The van der Waals surface area contributed by atoms with Gasteiger partial charge in [-0.05, 0) is 12.8 Å². The number of ether oxygens (including phenoxy) is 1. The lowest BCUT2D eigenvalue weighted by Gasteiger charge is -2.00. The van der Waals surface area contributed by atoms with Gasteiger partial charge in [-0.1, -0.05) is 0 Å². The maximum atomic E-state index is 10.5. The van der Waals surface area contributed by atoms with Crippen molar-refractivity contribution in [3.05, 3.63) is 11.6 Å². The van der Waals surface area contributed by atoms with Gasteiger partial charge in [0.25, 0.3) is 0 Å². The lowest BCUT2D eigenvalue weighted by Crippen LogP contribution is -2.05. The number of carboxylic acid groups (broad SMARTS) is 2. The van der Waals surface area contributed by atoms with E-state index in [1.807, 2.05) is 0 Å². The second kappa shape index (κ2) is 6.19. The van der Waals surface area contributed by atoms with Crippen LogP contribution < -0.4 is 0 Å². The number of aliphatic carboxylic acids is 2. The molecule has 0 saturated carbocycles. The highest BCUT2D eigenvalue weighted by Crippen LogP contribution is 2.05. The van der Waals surface area contributed by atoms with E-state index in [4.69, 9.17) is 14.9 Å². The number of carbonyl (C=O) groups is 2. The second-order valence-electron chi connectivity index (χ2n) is 2.41. The second-order valence-corrected chi connectivity index (χ2v) is 2.41. The van der Waals surface area contributed by atoms with Crippen LogP contribution in [0.4, 0.5) is 0 Å². The molecule has 0 atom stereocenters. The zero-order valence-corrected chi connectivity index (χ0v) is 7.32. The largest absolute Gasteiger partial charge is 0.478 e. The fraction of sp³-hybridized carbons (Fsp3) is 0.500. The molecule has 0 aliphatic heterocycles. The number of methoxy groups -OCH3 is 1. The predicted molar refractivity (Wildman–Crippen MR) is 44.5 cm³/mol. The summed E-state index contributed by atoms with van der Waals surface area (Å²) in [6, 6.07) is 0. The lowest BCUT2D eigenvalue weighted by atomic mass is 10.1. The van der Waals surface area contributed by atoms with Crippen LogP contribution in [0.15, 0.2) is 11.6 Å². The maximum absolute atomic E-state index is 10.5. The van der Waals surface area contributed by atoms with E-state index in [-0.39, 0.29) is 12.0 Å². The van der Waals surface area contributed by atoms with Crippen molar-refractivity contribution in [1.29, 1.82) is 0 Å². The van der Waals surface area contributed by atoms with Gasteiger partial charge in [0.2, 0.25) is 0 Å². The van der Waals surface area contributed by atoms with Crippen molar-refractivity contribution < 1.29 is 24.5 Å². The Kier molecular flexibility index (Phi) is 5.54. The molecule has 0 aromatic rings. The van der Waals surface area contributed by atoms with E-state index in [1.54, 1.807) is 0 Å². The highest BCUT2D eigenvalue weighted by Gasteiger charge is 2.08. The number of rotatable bonds is 6. The smallest absolute Gasteiger partial charge is 0.331 e. The van der Waals surface area contributed by atoms with Gasteiger partial charge in [0.05, 0.1) is 0 Å². The summed E-state index contributed by atoms with van der Waals surface area (Å²) in [5.41, 5.74) is -0.107. The highest BCUT2D eigenvalue weighted by molar-refractivity contribution is 5.94. The molecule has 0 aliphatic rings. The Hall–Kier alpha value is -1.36. The predicted octanol–water partition coefficient (Wildman–Crippen LogP) is 0.509. The van der Waals surface area contributed by atoms with Crippen molar-refractivity contribution in [2.24, 2.45) is 0 Å². The third kappa shape index (κ3) is 5.86. The van der Waals surface area contributed by atoms with Crippen molar-refractivity contribution in [2.75, 3.05) is 13.7 Å². The average Bonchev–Trinajstić information content (AvgIpc) is 2.02. The molecule has 0 fully saturated rings. The third-order valence-electron chi connectivity index (χ3n) is 1.37. The zero-order valence-electron chi connectivity index (χ0n) is 7.32. The normalized spacial score (nSPS) is 11.3. The quantitative estimate of drug-likeness (QED) is 0.468. The molecule has 0 saturated heterocycles. The van der Waals surface area contributed by atoms with Crippen LogP contribution in [0.2, 0.25) is 0 Å². The van der Waals surface area contributed by atoms with Gasteiger partial charge in [-0.2, -0.15) is 0 Å². The SMILES string of the molecule is COCCC/C(=C/C(=O)O)C(=O)O. The van der Waals surface area contributed by atoms with E-state index in [2.05, 4.69) is 0 Å². The monoisotopic (exact) mass is 188 g/mol. The van der Waals surface area contributed by atoms with Crippen molar-refractivity contribution in [2.45, 2.75) is 12.8 Å². The lowest BCUT2D eigenvalue weighted by molar-refractivity contribution is -0.135. The molecule has 0 unspecified atom stereocenters. The van der Waals surface area contributed by atoms with E-state index in [0.717, 1.165) is 0 Å². The first-order chi connectivity index (χ1) is 6.07. The van der Waals surface area contributed by atoms with Crippen LogP contribution in [0, 0.1) is 0 Å². The summed E-state index contributed by atoms with van der Waals surface area (Å²) in [6.07, 6.45) is 1.41. The molecule has 0 amide bonds.